The van der Waals surface area contributed by atoms with Crippen LogP contribution in [-0.2, 0) is 14.8 Å². The Labute approximate surface area is 159 Å². The van der Waals surface area contributed by atoms with Crippen LogP contribution >= 0.6 is 0 Å². The van der Waals surface area contributed by atoms with Crippen LogP contribution in [0.3, 0.4) is 0 Å². The normalized spacial score (nSPS) is 17.1. The molecule has 0 radical (unpaired) electrons. The smallest absolute Gasteiger partial charge is 0.321 e. The molecule has 1 aliphatic rings. The van der Waals surface area contributed by atoms with Crippen molar-refractivity contribution >= 4 is 22.0 Å². The molecule has 0 aromatic heterocycles. The second kappa shape index (κ2) is 9.16. The van der Waals surface area contributed by atoms with Gasteiger partial charge in [-0.3, -0.25) is 15.0 Å². The van der Waals surface area contributed by atoms with Crippen molar-refractivity contribution in [3.8, 4) is 5.75 Å². The summed E-state index contributed by atoms with van der Waals surface area (Å²) in [4.78, 5) is 25.4. The van der Waals surface area contributed by atoms with E-state index in [4.69, 9.17) is 4.74 Å². The van der Waals surface area contributed by atoms with Crippen molar-refractivity contribution in [2.75, 3.05) is 39.8 Å². The van der Waals surface area contributed by atoms with E-state index in [1.807, 2.05) is 11.8 Å². The lowest BCUT2D eigenvalue weighted by Crippen LogP contribution is -2.56. The Hall–Kier alpha value is -2.17. The van der Waals surface area contributed by atoms with E-state index >= 15 is 0 Å². The number of hydrogen-bond donors (Lipinski definition) is 2. The number of piperazine rings is 1. The summed E-state index contributed by atoms with van der Waals surface area (Å²) in [5.74, 6) is 0.203. The number of rotatable bonds is 6. The number of urea groups is 1. The molecule has 27 heavy (non-hydrogen) atoms. The van der Waals surface area contributed by atoms with E-state index in [9.17, 15) is 18.0 Å². The molecule has 0 bridgehead atoms. The van der Waals surface area contributed by atoms with Gasteiger partial charge < -0.3 is 10.1 Å². The Morgan fingerprint density at radius 1 is 1.15 bits per heavy atom. The van der Waals surface area contributed by atoms with Gasteiger partial charge in [0.1, 0.15) is 5.75 Å². The minimum absolute atomic E-state index is 0.213. The molecule has 150 valence electrons. The summed E-state index contributed by atoms with van der Waals surface area (Å²) < 4.78 is 32.3. The second-order valence-corrected chi connectivity index (χ2v) is 8.03. The maximum atomic E-state index is 12.8. The largest absolute Gasteiger partial charge is 0.494 e. The zero-order valence-corrected chi connectivity index (χ0v) is 16.6. The molecular weight excluding hydrogens is 372 g/mol. The predicted octanol–water partition coefficient (Wildman–Crippen LogP) is 0.236. The maximum absolute atomic E-state index is 12.8. The quantitative estimate of drug-likeness (QED) is 0.711. The lowest BCUT2D eigenvalue weighted by molar-refractivity contribution is -0.125. The number of nitrogens with zero attached hydrogens (tertiary/aromatic N) is 2. The number of sulfonamides is 1. The van der Waals surface area contributed by atoms with Crippen molar-refractivity contribution in [3.05, 3.63) is 24.3 Å². The first-order valence-electron chi connectivity index (χ1n) is 8.79. The average Bonchev–Trinajstić information content (AvgIpc) is 2.68. The summed E-state index contributed by atoms with van der Waals surface area (Å²) in [5, 5.41) is 4.56. The van der Waals surface area contributed by atoms with Crippen molar-refractivity contribution in [1.29, 1.82) is 0 Å². The molecule has 1 atom stereocenters. The number of carbonyl (C=O) groups excluding carboxylic acids is 2. The molecule has 2 rings (SSSR count). The topological polar surface area (TPSA) is 108 Å². The van der Waals surface area contributed by atoms with E-state index in [-0.39, 0.29) is 18.0 Å². The third-order valence-corrected chi connectivity index (χ3v) is 6.35. The van der Waals surface area contributed by atoms with Crippen LogP contribution in [0.5, 0.6) is 5.75 Å². The molecule has 1 saturated heterocycles. The standard InChI is InChI=1S/C17H26N4O5S/c1-4-26-14-5-7-15(8-6-14)27(24,25)21-11-9-20(10-12-21)13(2)16(22)19-17(23)18-3/h5-8,13H,4,9-12H2,1-3H3,(H2,18,19,22,23)/t13-/m0/s1. The van der Waals surface area contributed by atoms with Crippen LogP contribution in [0, 0.1) is 0 Å². The highest BCUT2D eigenvalue weighted by Crippen LogP contribution is 2.21. The number of hydrogen-bond acceptors (Lipinski definition) is 6. The second-order valence-electron chi connectivity index (χ2n) is 6.09. The molecule has 1 aromatic carbocycles. The lowest BCUT2D eigenvalue weighted by atomic mass is 10.2. The summed E-state index contributed by atoms with van der Waals surface area (Å²) in [6.07, 6.45) is 0. The Balaban J connectivity index is 1.97. The van der Waals surface area contributed by atoms with E-state index in [0.717, 1.165) is 0 Å². The van der Waals surface area contributed by atoms with Gasteiger partial charge in [-0.15, -0.1) is 0 Å². The molecule has 1 aliphatic heterocycles. The summed E-state index contributed by atoms with van der Waals surface area (Å²) in [5.41, 5.74) is 0. The van der Waals surface area contributed by atoms with Gasteiger partial charge in [0, 0.05) is 33.2 Å². The molecule has 9 nitrogen and oxygen atoms in total. The summed E-state index contributed by atoms with van der Waals surface area (Å²) in [7, 11) is -2.17. The number of ether oxygens (including phenoxy) is 1. The van der Waals surface area contributed by atoms with Crippen molar-refractivity contribution in [2.45, 2.75) is 24.8 Å². The van der Waals surface area contributed by atoms with E-state index < -0.39 is 28.0 Å². The Morgan fingerprint density at radius 2 is 1.74 bits per heavy atom. The molecule has 2 N–H and O–H groups in total. The number of amides is 3. The Kier molecular flexibility index (Phi) is 7.17. The van der Waals surface area contributed by atoms with Crippen molar-refractivity contribution in [1.82, 2.24) is 19.8 Å². The molecule has 0 unspecified atom stereocenters. The molecule has 10 heteroatoms. The molecule has 1 heterocycles. The van der Waals surface area contributed by atoms with Gasteiger partial charge in [0.05, 0.1) is 17.5 Å². The van der Waals surface area contributed by atoms with Crippen molar-refractivity contribution < 1.29 is 22.7 Å². The minimum Gasteiger partial charge on any atom is -0.494 e. The maximum Gasteiger partial charge on any atom is 0.321 e. The van der Waals surface area contributed by atoms with Gasteiger partial charge in [0.2, 0.25) is 15.9 Å². The highest BCUT2D eigenvalue weighted by molar-refractivity contribution is 7.89. The van der Waals surface area contributed by atoms with Gasteiger partial charge in [0.15, 0.2) is 0 Å². The fourth-order valence-corrected chi connectivity index (χ4v) is 4.22. The first-order chi connectivity index (χ1) is 12.8. The molecule has 0 aliphatic carbocycles. The molecule has 0 spiro atoms. The van der Waals surface area contributed by atoms with E-state index in [1.165, 1.54) is 23.5 Å². The number of carbonyl (C=O) groups is 2. The SMILES string of the molecule is CCOc1ccc(S(=O)(=O)N2CCN([C@@H](C)C(=O)NC(=O)NC)CC2)cc1. The van der Waals surface area contributed by atoms with Crippen molar-refractivity contribution in [3.63, 3.8) is 0 Å². The molecule has 0 saturated carbocycles. The van der Waals surface area contributed by atoms with E-state index in [0.29, 0.717) is 25.4 Å². The predicted molar refractivity (Wildman–Crippen MR) is 100 cm³/mol. The first-order valence-corrected chi connectivity index (χ1v) is 10.2. The van der Waals surface area contributed by atoms with Crippen molar-refractivity contribution in [2.24, 2.45) is 0 Å². The van der Waals surface area contributed by atoms with Gasteiger partial charge in [-0.2, -0.15) is 4.31 Å². The Bertz CT molecular complexity index is 758. The third kappa shape index (κ3) is 5.18. The zero-order valence-electron chi connectivity index (χ0n) is 15.8. The fourth-order valence-electron chi connectivity index (χ4n) is 2.80. The number of benzene rings is 1. The Morgan fingerprint density at radius 3 is 2.26 bits per heavy atom. The van der Waals surface area contributed by atoms with Gasteiger partial charge >= 0.3 is 6.03 Å². The molecule has 3 amide bonds. The molecule has 1 fully saturated rings. The summed E-state index contributed by atoms with van der Waals surface area (Å²) >= 11 is 0. The van der Waals surface area contributed by atoms with Crippen LogP contribution in [0.25, 0.3) is 0 Å². The average molecular weight is 398 g/mol. The van der Waals surface area contributed by atoms with Crippen LogP contribution < -0.4 is 15.4 Å². The third-order valence-electron chi connectivity index (χ3n) is 4.44. The first kappa shape index (κ1) is 21.1. The van der Waals surface area contributed by atoms with Crippen LogP contribution in [0.15, 0.2) is 29.2 Å². The van der Waals surface area contributed by atoms with Crippen LogP contribution in [0.4, 0.5) is 4.79 Å². The monoisotopic (exact) mass is 398 g/mol. The molecular formula is C17H26N4O5S. The van der Waals surface area contributed by atoms with E-state index in [1.54, 1.807) is 19.1 Å². The van der Waals surface area contributed by atoms with Crippen LogP contribution in [-0.4, -0.2) is 75.4 Å². The number of nitrogens with one attached hydrogen (secondary N) is 2. The van der Waals surface area contributed by atoms with Gasteiger partial charge in [-0.1, -0.05) is 0 Å². The zero-order chi connectivity index (χ0) is 20.0. The van der Waals surface area contributed by atoms with Crippen LogP contribution in [0.1, 0.15) is 13.8 Å². The highest BCUT2D eigenvalue weighted by atomic mass is 32.2. The van der Waals surface area contributed by atoms with Gasteiger partial charge in [-0.05, 0) is 38.1 Å². The summed E-state index contributed by atoms with van der Waals surface area (Å²) in [6.45, 7) is 5.41. The number of imide groups is 1. The summed E-state index contributed by atoms with van der Waals surface area (Å²) in [6, 6.07) is 5.25. The fraction of sp³-hybridized carbons (Fsp3) is 0.529. The molecule has 1 aromatic rings. The highest BCUT2D eigenvalue weighted by Gasteiger charge is 2.32. The van der Waals surface area contributed by atoms with E-state index in [2.05, 4.69) is 10.6 Å². The van der Waals surface area contributed by atoms with Crippen LogP contribution in [0.2, 0.25) is 0 Å². The minimum atomic E-state index is -3.60. The lowest BCUT2D eigenvalue weighted by Gasteiger charge is -2.36. The van der Waals surface area contributed by atoms with Gasteiger partial charge in [-0.25, -0.2) is 13.2 Å². The van der Waals surface area contributed by atoms with Gasteiger partial charge in [0.25, 0.3) is 0 Å².